The van der Waals surface area contributed by atoms with Gasteiger partial charge in [0.2, 0.25) is 0 Å². The van der Waals surface area contributed by atoms with E-state index in [1.54, 1.807) is 36.0 Å². The number of benzene rings is 2. The van der Waals surface area contributed by atoms with Crippen LogP contribution in [0.3, 0.4) is 0 Å². The molecule has 1 N–H and O–H groups in total. The zero-order valence-electron chi connectivity index (χ0n) is 14.9. The number of esters is 1. The van der Waals surface area contributed by atoms with Crippen molar-refractivity contribution in [3.63, 3.8) is 0 Å². The van der Waals surface area contributed by atoms with E-state index < -0.39 is 12.0 Å². The van der Waals surface area contributed by atoms with Gasteiger partial charge in [-0.15, -0.1) is 11.3 Å². The molecule has 27 heavy (non-hydrogen) atoms. The lowest BCUT2D eigenvalue weighted by Gasteiger charge is -2.17. The highest BCUT2D eigenvalue weighted by Crippen LogP contribution is 2.22. The summed E-state index contributed by atoms with van der Waals surface area (Å²) in [7, 11) is 0. The van der Waals surface area contributed by atoms with E-state index in [-0.39, 0.29) is 12.5 Å². The highest BCUT2D eigenvalue weighted by molar-refractivity contribution is 7.98. The number of amides is 1. The molecule has 3 rings (SSSR count). The minimum atomic E-state index is -0.681. The van der Waals surface area contributed by atoms with Gasteiger partial charge in [-0.3, -0.25) is 4.79 Å². The number of nitrogens with zero attached hydrogens (tertiary/aromatic N) is 1. The van der Waals surface area contributed by atoms with Gasteiger partial charge in [0.15, 0.2) is 0 Å². The first kappa shape index (κ1) is 19.4. The molecule has 0 bridgehead atoms. The maximum Gasteiger partial charge on any atom is 0.329 e. The third-order valence-electron chi connectivity index (χ3n) is 3.91. The Hall–Kier alpha value is -2.38. The van der Waals surface area contributed by atoms with Crippen LogP contribution in [-0.4, -0.2) is 34.9 Å². The molecule has 0 aliphatic carbocycles. The maximum absolute atomic E-state index is 12.5. The first-order valence-corrected chi connectivity index (χ1v) is 10.7. The van der Waals surface area contributed by atoms with Gasteiger partial charge in [-0.05, 0) is 42.7 Å². The van der Waals surface area contributed by atoms with Crippen molar-refractivity contribution in [2.45, 2.75) is 19.1 Å². The number of aromatic nitrogens is 1. The second-order valence-corrected chi connectivity index (χ2v) is 7.96. The van der Waals surface area contributed by atoms with Crippen molar-refractivity contribution in [3.05, 3.63) is 65.2 Å². The highest BCUT2D eigenvalue weighted by Gasteiger charge is 2.23. The number of para-hydroxylation sites is 1. The summed E-state index contributed by atoms with van der Waals surface area (Å²) in [6.45, 7) is 0.106. The Balaban J connectivity index is 1.62. The minimum absolute atomic E-state index is 0.106. The lowest BCUT2D eigenvalue weighted by atomic mass is 10.1. The summed E-state index contributed by atoms with van der Waals surface area (Å²) in [5.74, 6) is 0.0295. The molecule has 0 radical (unpaired) electrons. The minimum Gasteiger partial charge on any atom is -0.457 e. The SMILES string of the molecule is CSCC[C@@H](NC(=O)c1ccccc1)C(=O)OCc1nc2ccccc2s1. The number of ether oxygens (including phenoxy) is 1. The maximum atomic E-state index is 12.5. The van der Waals surface area contributed by atoms with E-state index in [1.165, 1.54) is 11.3 Å². The fourth-order valence-corrected chi connectivity index (χ4v) is 3.88. The smallest absolute Gasteiger partial charge is 0.329 e. The molecule has 0 spiro atoms. The molecule has 1 heterocycles. The molecule has 5 nitrogen and oxygen atoms in total. The van der Waals surface area contributed by atoms with Crippen LogP contribution < -0.4 is 5.32 Å². The van der Waals surface area contributed by atoms with Crippen LogP contribution in [-0.2, 0) is 16.1 Å². The molecule has 1 aromatic heterocycles. The number of hydrogen-bond acceptors (Lipinski definition) is 6. The summed E-state index contributed by atoms with van der Waals surface area (Å²) in [5, 5.41) is 3.53. The third kappa shape index (κ3) is 5.30. The molecule has 1 atom stereocenters. The monoisotopic (exact) mass is 400 g/mol. The van der Waals surface area contributed by atoms with Gasteiger partial charge in [0.25, 0.3) is 5.91 Å². The lowest BCUT2D eigenvalue weighted by Crippen LogP contribution is -2.42. The summed E-state index contributed by atoms with van der Waals surface area (Å²) in [5.41, 5.74) is 1.41. The number of hydrogen-bond donors (Lipinski definition) is 1. The van der Waals surface area contributed by atoms with E-state index >= 15 is 0 Å². The Morgan fingerprint density at radius 1 is 1.15 bits per heavy atom. The van der Waals surface area contributed by atoms with Crippen LogP contribution in [0.5, 0.6) is 0 Å². The van der Waals surface area contributed by atoms with Crippen molar-refractivity contribution in [1.29, 1.82) is 0 Å². The lowest BCUT2D eigenvalue weighted by molar-refractivity contribution is -0.147. The number of carbonyl (C=O) groups excluding carboxylic acids is 2. The van der Waals surface area contributed by atoms with Crippen molar-refractivity contribution in [1.82, 2.24) is 10.3 Å². The van der Waals surface area contributed by atoms with Crippen LogP contribution in [0.1, 0.15) is 21.8 Å². The van der Waals surface area contributed by atoms with Crippen molar-refractivity contribution in [2.75, 3.05) is 12.0 Å². The molecule has 0 unspecified atom stereocenters. The molecular formula is C20H20N2O3S2. The number of nitrogens with one attached hydrogen (secondary N) is 1. The van der Waals surface area contributed by atoms with Crippen LogP contribution in [0.2, 0.25) is 0 Å². The van der Waals surface area contributed by atoms with Gasteiger partial charge in [-0.25, -0.2) is 9.78 Å². The van der Waals surface area contributed by atoms with Crippen LogP contribution in [0.25, 0.3) is 10.2 Å². The Labute approximate surface area is 166 Å². The molecular weight excluding hydrogens is 380 g/mol. The van der Waals surface area contributed by atoms with Crippen molar-refractivity contribution in [3.8, 4) is 0 Å². The van der Waals surface area contributed by atoms with Gasteiger partial charge in [-0.2, -0.15) is 11.8 Å². The zero-order valence-corrected chi connectivity index (χ0v) is 16.5. The van der Waals surface area contributed by atoms with Gasteiger partial charge in [0.05, 0.1) is 10.2 Å². The molecule has 1 amide bonds. The van der Waals surface area contributed by atoms with E-state index in [4.69, 9.17) is 4.74 Å². The molecule has 2 aromatic carbocycles. The topological polar surface area (TPSA) is 68.3 Å². The fourth-order valence-electron chi connectivity index (χ4n) is 2.53. The summed E-state index contributed by atoms with van der Waals surface area (Å²) in [6.07, 6.45) is 2.47. The largest absolute Gasteiger partial charge is 0.457 e. The normalized spacial score (nSPS) is 11.9. The fraction of sp³-hybridized carbons (Fsp3) is 0.250. The zero-order chi connectivity index (χ0) is 19.1. The number of fused-ring (bicyclic) bond motifs is 1. The summed E-state index contributed by atoms with van der Waals surface area (Å²) in [4.78, 5) is 29.4. The van der Waals surface area contributed by atoms with Crippen LogP contribution in [0, 0.1) is 0 Å². The highest BCUT2D eigenvalue weighted by atomic mass is 32.2. The molecule has 3 aromatic rings. The summed E-state index contributed by atoms with van der Waals surface area (Å²) < 4.78 is 6.49. The first-order chi connectivity index (χ1) is 13.2. The number of thioether (sulfide) groups is 1. The average Bonchev–Trinajstić information content (AvgIpc) is 3.12. The Kier molecular flexibility index (Phi) is 6.84. The van der Waals surface area contributed by atoms with Crippen LogP contribution >= 0.6 is 23.1 Å². The third-order valence-corrected chi connectivity index (χ3v) is 5.57. The van der Waals surface area contributed by atoms with Crippen molar-refractivity contribution < 1.29 is 14.3 Å². The standard InChI is InChI=1S/C20H20N2O3S2/c1-26-12-11-16(22-19(23)14-7-3-2-4-8-14)20(24)25-13-18-21-15-9-5-6-10-17(15)27-18/h2-10,16H,11-13H2,1H3,(H,22,23)/t16-/m1/s1. The molecule has 140 valence electrons. The number of carbonyl (C=O) groups is 2. The van der Waals surface area contributed by atoms with Crippen molar-refractivity contribution >= 4 is 45.2 Å². The van der Waals surface area contributed by atoms with Gasteiger partial charge in [0, 0.05) is 5.56 Å². The van der Waals surface area contributed by atoms with E-state index in [1.807, 2.05) is 36.6 Å². The van der Waals surface area contributed by atoms with Crippen molar-refractivity contribution in [2.24, 2.45) is 0 Å². The number of thiazole rings is 1. The van der Waals surface area contributed by atoms with Crippen LogP contribution in [0.4, 0.5) is 0 Å². The Morgan fingerprint density at radius 3 is 2.63 bits per heavy atom. The predicted molar refractivity (Wildman–Crippen MR) is 110 cm³/mol. The summed E-state index contributed by atoms with van der Waals surface area (Å²) in [6, 6.07) is 16.0. The van der Waals surface area contributed by atoms with Crippen LogP contribution in [0.15, 0.2) is 54.6 Å². The Morgan fingerprint density at radius 2 is 1.89 bits per heavy atom. The summed E-state index contributed by atoms with van der Waals surface area (Å²) >= 11 is 3.12. The Bertz CT molecular complexity index is 879. The molecule has 0 saturated carbocycles. The average molecular weight is 401 g/mol. The molecule has 0 saturated heterocycles. The van der Waals surface area contributed by atoms with Gasteiger partial charge < -0.3 is 10.1 Å². The molecule has 7 heteroatoms. The quantitative estimate of drug-likeness (QED) is 0.581. The van der Waals surface area contributed by atoms with Gasteiger partial charge in [0.1, 0.15) is 17.7 Å². The van der Waals surface area contributed by atoms with E-state index in [0.29, 0.717) is 12.0 Å². The van der Waals surface area contributed by atoms with E-state index in [2.05, 4.69) is 10.3 Å². The first-order valence-electron chi connectivity index (χ1n) is 8.53. The van der Waals surface area contributed by atoms with E-state index in [9.17, 15) is 9.59 Å². The molecule has 0 aliphatic heterocycles. The van der Waals surface area contributed by atoms with Gasteiger partial charge in [-0.1, -0.05) is 30.3 Å². The predicted octanol–water partition coefficient (Wildman–Crippen LogP) is 3.89. The second kappa shape index (κ2) is 9.53. The molecule has 0 fully saturated rings. The number of rotatable bonds is 8. The van der Waals surface area contributed by atoms with Gasteiger partial charge >= 0.3 is 5.97 Å². The second-order valence-electron chi connectivity index (χ2n) is 5.86. The van der Waals surface area contributed by atoms with E-state index in [0.717, 1.165) is 21.0 Å². The molecule has 0 aliphatic rings.